The number of benzene rings is 1. The second-order valence-electron chi connectivity index (χ2n) is 7.48. The van der Waals surface area contributed by atoms with Gasteiger partial charge in [0.25, 0.3) is 0 Å². The van der Waals surface area contributed by atoms with Crippen LogP contribution in [0.3, 0.4) is 0 Å². The largest absolute Gasteiger partial charge is 0.494 e. The quantitative estimate of drug-likeness (QED) is 0.619. The van der Waals surface area contributed by atoms with Crippen molar-refractivity contribution in [2.24, 2.45) is 5.41 Å². The van der Waals surface area contributed by atoms with E-state index in [0.717, 1.165) is 12.1 Å². The number of esters is 1. The van der Waals surface area contributed by atoms with Gasteiger partial charge in [0.2, 0.25) is 0 Å². The topological polar surface area (TPSA) is 44.8 Å². The van der Waals surface area contributed by atoms with E-state index in [-0.39, 0.29) is 10.9 Å². The minimum Gasteiger partial charge on any atom is -0.456 e. The van der Waals surface area contributed by atoms with Gasteiger partial charge in [0.1, 0.15) is 22.8 Å². The van der Waals surface area contributed by atoms with E-state index in [1.165, 1.54) is 0 Å². The average Bonchev–Trinajstić information content (AvgIpc) is 2.35. The molecule has 0 bridgehead atoms. The first-order valence-corrected chi connectivity index (χ1v) is 7.44. The first-order chi connectivity index (χ1) is 10.5. The van der Waals surface area contributed by atoms with Gasteiger partial charge >= 0.3 is 13.1 Å². The van der Waals surface area contributed by atoms with Crippen molar-refractivity contribution in [3.8, 4) is 0 Å². The lowest BCUT2D eigenvalue weighted by Crippen LogP contribution is -2.47. The van der Waals surface area contributed by atoms with Crippen LogP contribution >= 0.6 is 0 Å². The Hall–Kier alpha value is -1.47. The van der Waals surface area contributed by atoms with E-state index < -0.39 is 35.9 Å². The SMILES string of the molecule is CC1(C)COB(c2cc(F)c(C(=O)OC(C)(C)C)c(F)c2)OC1. The second-order valence-corrected chi connectivity index (χ2v) is 7.48. The maximum Gasteiger partial charge on any atom is 0.494 e. The van der Waals surface area contributed by atoms with Gasteiger partial charge in [0.05, 0.1) is 0 Å². The molecule has 1 aliphatic heterocycles. The third-order valence-corrected chi connectivity index (χ3v) is 3.19. The molecule has 1 saturated heterocycles. The lowest BCUT2D eigenvalue weighted by molar-refractivity contribution is 0.00594. The van der Waals surface area contributed by atoms with Gasteiger partial charge in [-0.2, -0.15) is 0 Å². The van der Waals surface area contributed by atoms with Crippen LogP contribution in [0.1, 0.15) is 45.0 Å². The minimum atomic E-state index is -1.04. The third kappa shape index (κ3) is 4.51. The van der Waals surface area contributed by atoms with Crippen LogP contribution in [0.5, 0.6) is 0 Å². The fourth-order valence-electron chi connectivity index (χ4n) is 2.14. The van der Waals surface area contributed by atoms with Crippen LogP contribution in [0.15, 0.2) is 12.1 Å². The lowest BCUT2D eigenvalue weighted by atomic mass is 9.75. The van der Waals surface area contributed by atoms with E-state index >= 15 is 0 Å². The molecular weight excluding hydrogens is 305 g/mol. The minimum absolute atomic E-state index is 0.149. The van der Waals surface area contributed by atoms with Gasteiger partial charge in [0, 0.05) is 18.6 Å². The zero-order chi connectivity index (χ0) is 17.4. The molecule has 1 aromatic rings. The number of rotatable bonds is 2. The highest BCUT2D eigenvalue weighted by molar-refractivity contribution is 6.61. The third-order valence-electron chi connectivity index (χ3n) is 3.19. The van der Waals surface area contributed by atoms with Crippen molar-refractivity contribution in [2.75, 3.05) is 13.2 Å². The van der Waals surface area contributed by atoms with Gasteiger partial charge in [0.15, 0.2) is 0 Å². The number of ether oxygens (including phenoxy) is 1. The Morgan fingerprint density at radius 3 is 2.09 bits per heavy atom. The molecule has 1 heterocycles. The Balaban J connectivity index is 2.22. The molecule has 1 aliphatic rings. The normalized spacial score (nSPS) is 18.0. The molecule has 2 rings (SSSR count). The molecule has 126 valence electrons. The van der Waals surface area contributed by atoms with Crippen molar-refractivity contribution < 1.29 is 27.6 Å². The van der Waals surface area contributed by atoms with E-state index in [4.69, 9.17) is 14.0 Å². The maximum absolute atomic E-state index is 14.2. The van der Waals surface area contributed by atoms with Gasteiger partial charge in [-0.3, -0.25) is 0 Å². The summed E-state index contributed by atoms with van der Waals surface area (Å²) in [5, 5.41) is 0. The maximum atomic E-state index is 14.2. The van der Waals surface area contributed by atoms with Crippen molar-refractivity contribution in [3.05, 3.63) is 29.3 Å². The van der Waals surface area contributed by atoms with Crippen LogP contribution in [0.4, 0.5) is 8.78 Å². The highest BCUT2D eigenvalue weighted by Crippen LogP contribution is 2.22. The van der Waals surface area contributed by atoms with E-state index in [9.17, 15) is 13.6 Å². The summed E-state index contributed by atoms with van der Waals surface area (Å²) in [6.45, 7) is 9.64. The van der Waals surface area contributed by atoms with Crippen molar-refractivity contribution >= 4 is 18.6 Å². The molecule has 0 N–H and O–H groups in total. The number of hydrogen-bond acceptors (Lipinski definition) is 4. The number of carbonyl (C=O) groups excluding carboxylic acids is 1. The Morgan fingerprint density at radius 2 is 1.65 bits per heavy atom. The number of halogens is 2. The smallest absolute Gasteiger partial charge is 0.456 e. The van der Waals surface area contributed by atoms with Crippen LogP contribution in [-0.2, 0) is 14.0 Å². The second kappa shape index (κ2) is 6.21. The molecule has 4 nitrogen and oxygen atoms in total. The van der Waals surface area contributed by atoms with Crippen molar-refractivity contribution in [1.82, 2.24) is 0 Å². The average molecular weight is 326 g/mol. The molecule has 0 aromatic heterocycles. The molecule has 0 aliphatic carbocycles. The monoisotopic (exact) mass is 326 g/mol. The summed E-state index contributed by atoms with van der Waals surface area (Å²) < 4.78 is 44.4. The molecule has 0 radical (unpaired) electrons. The first-order valence-electron chi connectivity index (χ1n) is 7.44. The zero-order valence-corrected chi connectivity index (χ0v) is 14.0. The molecule has 1 aromatic carbocycles. The molecular formula is C16H21BF2O4. The van der Waals surface area contributed by atoms with Gasteiger partial charge < -0.3 is 14.0 Å². The molecule has 0 amide bonds. The van der Waals surface area contributed by atoms with Crippen molar-refractivity contribution in [2.45, 2.75) is 40.2 Å². The van der Waals surface area contributed by atoms with Crippen LogP contribution in [0.25, 0.3) is 0 Å². The molecule has 0 saturated carbocycles. The highest BCUT2D eigenvalue weighted by Gasteiger charge is 2.35. The van der Waals surface area contributed by atoms with E-state index in [1.807, 2.05) is 13.8 Å². The van der Waals surface area contributed by atoms with Crippen LogP contribution in [0.2, 0.25) is 0 Å². The molecule has 0 atom stereocenters. The van der Waals surface area contributed by atoms with E-state index in [1.54, 1.807) is 20.8 Å². The Morgan fingerprint density at radius 1 is 1.17 bits per heavy atom. The predicted molar refractivity (Wildman–Crippen MR) is 82.6 cm³/mol. The van der Waals surface area contributed by atoms with E-state index in [0.29, 0.717) is 13.2 Å². The van der Waals surface area contributed by atoms with Gasteiger partial charge in [-0.15, -0.1) is 0 Å². The molecule has 0 unspecified atom stereocenters. The van der Waals surface area contributed by atoms with Gasteiger partial charge in [-0.05, 0) is 38.4 Å². The van der Waals surface area contributed by atoms with Crippen molar-refractivity contribution in [3.63, 3.8) is 0 Å². The van der Waals surface area contributed by atoms with Gasteiger partial charge in [-0.1, -0.05) is 13.8 Å². The summed E-state index contributed by atoms with van der Waals surface area (Å²) in [6.07, 6.45) is 0. The summed E-state index contributed by atoms with van der Waals surface area (Å²) in [7, 11) is -0.847. The molecule has 0 spiro atoms. The summed E-state index contributed by atoms with van der Waals surface area (Å²) in [5.74, 6) is -3.02. The molecule has 1 fully saturated rings. The summed E-state index contributed by atoms with van der Waals surface area (Å²) >= 11 is 0. The molecule has 7 heteroatoms. The first kappa shape index (κ1) is 17.9. The lowest BCUT2D eigenvalue weighted by Gasteiger charge is -2.33. The van der Waals surface area contributed by atoms with E-state index in [2.05, 4.69) is 0 Å². The summed E-state index contributed by atoms with van der Waals surface area (Å²) in [6, 6.07) is 2.09. The van der Waals surface area contributed by atoms with Crippen LogP contribution in [0, 0.1) is 17.0 Å². The van der Waals surface area contributed by atoms with Crippen LogP contribution < -0.4 is 5.46 Å². The highest BCUT2D eigenvalue weighted by atomic mass is 19.1. The number of carbonyl (C=O) groups is 1. The summed E-state index contributed by atoms with van der Waals surface area (Å²) in [5.41, 5.74) is -1.50. The molecule has 23 heavy (non-hydrogen) atoms. The Bertz CT molecular complexity index is 578. The fourth-order valence-corrected chi connectivity index (χ4v) is 2.14. The van der Waals surface area contributed by atoms with Crippen molar-refractivity contribution in [1.29, 1.82) is 0 Å². The van der Waals surface area contributed by atoms with Gasteiger partial charge in [-0.25, -0.2) is 13.6 Å². The Kier molecular flexibility index (Phi) is 4.82. The standard InChI is InChI=1S/C16H21BF2O4/c1-15(2,3)23-14(20)13-11(18)6-10(7-12(13)19)17-21-8-16(4,5)9-22-17/h6-7H,8-9H2,1-5H3. The van der Waals surface area contributed by atoms with Crippen LogP contribution in [-0.4, -0.2) is 31.9 Å². The summed E-state index contributed by atoms with van der Waals surface area (Å²) in [4.78, 5) is 11.9. The fraction of sp³-hybridized carbons (Fsp3) is 0.562. The Labute approximate surface area is 135 Å². The predicted octanol–water partition coefficient (Wildman–Crippen LogP) is 2.69. The zero-order valence-electron chi connectivity index (χ0n) is 14.0. The number of hydrogen-bond donors (Lipinski definition) is 0.